The largest absolute Gasteiger partial charge is 0.504 e. The number of benzene rings is 2. The summed E-state index contributed by atoms with van der Waals surface area (Å²) in [7, 11) is 0. The monoisotopic (exact) mass is 491 g/mol. The summed E-state index contributed by atoms with van der Waals surface area (Å²) >= 11 is 0.897. The van der Waals surface area contributed by atoms with E-state index in [1.165, 1.54) is 18.2 Å². The highest BCUT2D eigenvalue weighted by Crippen LogP contribution is 2.39. The van der Waals surface area contributed by atoms with Gasteiger partial charge in [0.2, 0.25) is 11.8 Å². The number of anilines is 1. The van der Waals surface area contributed by atoms with Crippen molar-refractivity contribution >= 4 is 29.3 Å². The number of aromatic hydroxyl groups is 1. The van der Waals surface area contributed by atoms with Crippen molar-refractivity contribution in [1.82, 2.24) is 5.32 Å². The second-order valence-electron chi connectivity index (χ2n) is 7.24. The van der Waals surface area contributed by atoms with Crippen LogP contribution in [0.25, 0.3) is 0 Å². The first-order valence-electron chi connectivity index (χ1n) is 10.1. The predicted molar refractivity (Wildman–Crippen MR) is 120 cm³/mol. The Labute approximate surface area is 197 Å². The van der Waals surface area contributed by atoms with Gasteiger partial charge in [0.05, 0.1) is 34.6 Å². The molecule has 0 bridgehead atoms. The molecule has 178 valence electrons. The number of allylic oxidation sites excluding steroid dienone is 1. The van der Waals surface area contributed by atoms with Gasteiger partial charge in [-0.3, -0.25) is 9.59 Å². The second-order valence-corrected chi connectivity index (χ2v) is 8.22. The van der Waals surface area contributed by atoms with Gasteiger partial charge in [0.15, 0.2) is 11.5 Å². The maximum atomic E-state index is 12.9. The summed E-state index contributed by atoms with van der Waals surface area (Å²) < 4.78 is 44.0. The molecular formula is C23H20F3N3O4S. The quantitative estimate of drug-likeness (QED) is 0.525. The summed E-state index contributed by atoms with van der Waals surface area (Å²) in [5.41, 5.74) is -0.105. The maximum Gasteiger partial charge on any atom is 0.416 e. The van der Waals surface area contributed by atoms with Crippen molar-refractivity contribution in [3.05, 3.63) is 64.2 Å². The fraction of sp³-hybridized carbons (Fsp3) is 0.261. The van der Waals surface area contributed by atoms with Crippen molar-refractivity contribution in [2.75, 3.05) is 17.7 Å². The number of hydrogen-bond acceptors (Lipinski definition) is 6. The number of carbonyl (C=O) groups excluding carboxylic acids is 2. The Kier molecular flexibility index (Phi) is 7.73. The minimum Gasteiger partial charge on any atom is -0.504 e. The smallest absolute Gasteiger partial charge is 0.416 e. The maximum absolute atomic E-state index is 12.9. The summed E-state index contributed by atoms with van der Waals surface area (Å²) in [6.45, 7) is 2.06. The number of halogens is 3. The molecule has 0 saturated heterocycles. The minimum atomic E-state index is -4.54. The van der Waals surface area contributed by atoms with E-state index in [0.717, 1.165) is 23.9 Å². The Morgan fingerprint density at radius 3 is 2.76 bits per heavy atom. The molecule has 0 radical (unpaired) electrons. The highest BCUT2D eigenvalue weighted by Gasteiger charge is 2.31. The van der Waals surface area contributed by atoms with Crippen LogP contribution in [0.4, 0.5) is 18.9 Å². The standard InChI is InChI=1S/C23H20F3N3O4S/c1-2-33-19-8-13(6-7-18(19)30)16-10-20(31)29-22(17(16)11-27)34-12-21(32)28-15-5-3-4-14(9-15)23(24,25)26/h3-9,16,30H,2,10,12H2,1H3,(H,28,32)(H,29,31)/t16-/m1/s1. The van der Waals surface area contributed by atoms with Crippen LogP contribution >= 0.6 is 11.8 Å². The number of carbonyl (C=O) groups is 2. The van der Waals surface area contributed by atoms with Crippen LogP contribution in [0, 0.1) is 11.3 Å². The Morgan fingerprint density at radius 1 is 1.32 bits per heavy atom. The molecule has 0 saturated carbocycles. The predicted octanol–water partition coefficient (Wildman–Crippen LogP) is 4.52. The number of nitrogens with one attached hydrogen (secondary N) is 2. The van der Waals surface area contributed by atoms with E-state index in [0.29, 0.717) is 12.2 Å². The van der Waals surface area contributed by atoms with Gasteiger partial charge in [0.25, 0.3) is 0 Å². The van der Waals surface area contributed by atoms with E-state index in [1.807, 2.05) is 0 Å². The van der Waals surface area contributed by atoms with Crippen molar-refractivity contribution in [3.63, 3.8) is 0 Å². The van der Waals surface area contributed by atoms with Crippen LogP contribution < -0.4 is 15.4 Å². The van der Waals surface area contributed by atoms with Crippen molar-refractivity contribution in [1.29, 1.82) is 5.26 Å². The number of hydrogen-bond donors (Lipinski definition) is 3. The van der Waals surface area contributed by atoms with Crippen LogP contribution in [0.1, 0.15) is 30.4 Å². The fourth-order valence-corrected chi connectivity index (χ4v) is 4.22. The molecule has 7 nitrogen and oxygen atoms in total. The van der Waals surface area contributed by atoms with Crippen LogP contribution in [-0.4, -0.2) is 29.3 Å². The number of amides is 2. The lowest BCUT2D eigenvalue weighted by atomic mass is 9.87. The van der Waals surface area contributed by atoms with Gasteiger partial charge in [0, 0.05) is 18.0 Å². The SMILES string of the molecule is CCOc1cc([C@H]2CC(=O)NC(SCC(=O)Nc3cccc(C(F)(F)F)c3)=C2C#N)ccc1O. The molecule has 0 aliphatic carbocycles. The molecule has 1 aliphatic rings. The Bertz CT molecular complexity index is 1170. The van der Waals surface area contributed by atoms with Gasteiger partial charge in [0.1, 0.15) is 0 Å². The first-order valence-corrected chi connectivity index (χ1v) is 11.1. The molecule has 0 unspecified atom stereocenters. The fourth-order valence-electron chi connectivity index (χ4n) is 3.34. The molecule has 1 aliphatic heterocycles. The zero-order valence-electron chi connectivity index (χ0n) is 17.9. The third-order valence-corrected chi connectivity index (χ3v) is 5.88. The van der Waals surface area contributed by atoms with Gasteiger partial charge < -0.3 is 20.5 Å². The van der Waals surface area contributed by atoms with Gasteiger partial charge in [-0.25, -0.2) is 0 Å². The third kappa shape index (κ3) is 6.02. The number of ether oxygens (including phenoxy) is 1. The average Bonchev–Trinajstić information content (AvgIpc) is 2.78. The molecule has 1 heterocycles. The number of phenols is 1. The van der Waals surface area contributed by atoms with E-state index in [4.69, 9.17) is 4.74 Å². The van der Waals surface area contributed by atoms with Gasteiger partial charge in [-0.05, 0) is 42.8 Å². The van der Waals surface area contributed by atoms with Crippen molar-refractivity contribution in [2.45, 2.75) is 25.4 Å². The summed E-state index contributed by atoms with van der Waals surface area (Å²) in [6, 6.07) is 10.9. The topological polar surface area (TPSA) is 111 Å². The molecular weight excluding hydrogens is 471 g/mol. The van der Waals surface area contributed by atoms with Crippen molar-refractivity contribution in [3.8, 4) is 17.6 Å². The van der Waals surface area contributed by atoms with Gasteiger partial charge in [-0.1, -0.05) is 23.9 Å². The lowest BCUT2D eigenvalue weighted by Crippen LogP contribution is -2.31. The number of alkyl halides is 3. The lowest BCUT2D eigenvalue weighted by Gasteiger charge is -2.25. The van der Waals surface area contributed by atoms with E-state index in [2.05, 4.69) is 16.7 Å². The highest BCUT2D eigenvalue weighted by molar-refractivity contribution is 8.03. The Morgan fingerprint density at radius 2 is 2.09 bits per heavy atom. The molecule has 3 rings (SSSR count). The summed E-state index contributed by atoms with van der Waals surface area (Å²) in [5, 5.41) is 24.8. The Hall–Kier alpha value is -3.65. The number of nitriles is 1. The molecule has 1 atom stereocenters. The van der Waals surface area contributed by atoms with Crippen LogP contribution in [0.15, 0.2) is 53.1 Å². The average molecular weight is 491 g/mol. The minimum absolute atomic E-state index is 0.0142. The summed E-state index contributed by atoms with van der Waals surface area (Å²) in [4.78, 5) is 24.6. The highest BCUT2D eigenvalue weighted by atomic mass is 32.2. The van der Waals surface area contributed by atoms with Gasteiger partial charge in [-0.2, -0.15) is 18.4 Å². The summed E-state index contributed by atoms with van der Waals surface area (Å²) in [5.74, 6) is -1.69. The number of rotatable bonds is 7. The second kappa shape index (κ2) is 10.5. The van der Waals surface area contributed by atoms with Gasteiger partial charge in [-0.15, -0.1) is 0 Å². The van der Waals surface area contributed by atoms with E-state index >= 15 is 0 Å². The van der Waals surface area contributed by atoms with Crippen molar-refractivity contribution < 1.29 is 32.6 Å². The van der Waals surface area contributed by atoms with E-state index in [-0.39, 0.29) is 45.9 Å². The zero-order valence-corrected chi connectivity index (χ0v) is 18.7. The molecule has 0 spiro atoms. The molecule has 2 aromatic carbocycles. The van der Waals surface area contributed by atoms with Crippen LogP contribution in [-0.2, 0) is 15.8 Å². The first-order chi connectivity index (χ1) is 16.1. The number of thioether (sulfide) groups is 1. The molecule has 3 N–H and O–H groups in total. The zero-order chi connectivity index (χ0) is 24.9. The van der Waals surface area contributed by atoms with Crippen LogP contribution in [0.5, 0.6) is 11.5 Å². The molecule has 0 fully saturated rings. The normalized spacial score (nSPS) is 16.0. The van der Waals surface area contributed by atoms with Crippen LogP contribution in [0.3, 0.4) is 0 Å². The summed E-state index contributed by atoms with van der Waals surface area (Å²) in [6.07, 6.45) is -4.56. The van der Waals surface area contributed by atoms with Crippen LogP contribution in [0.2, 0.25) is 0 Å². The number of phenolic OH excluding ortho intramolecular Hbond substituents is 1. The molecule has 2 aromatic rings. The third-order valence-electron chi connectivity index (χ3n) is 4.86. The van der Waals surface area contributed by atoms with Crippen molar-refractivity contribution in [2.24, 2.45) is 0 Å². The molecule has 34 heavy (non-hydrogen) atoms. The number of nitrogens with zero attached hydrogens (tertiary/aromatic N) is 1. The van der Waals surface area contributed by atoms with Gasteiger partial charge >= 0.3 is 6.18 Å². The van der Waals surface area contributed by atoms with E-state index in [1.54, 1.807) is 19.1 Å². The Balaban J connectivity index is 1.77. The van der Waals surface area contributed by atoms with E-state index < -0.39 is 23.6 Å². The molecule has 2 amide bonds. The molecule has 11 heteroatoms. The molecule has 0 aromatic heterocycles. The van der Waals surface area contributed by atoms with E-state index in [9.17, 15) is 33.1 Å². The lowest BCUT2D eigenvalue weighted by molar-refractivity contribution is -0.137. The first kappa shape index (κ1) is 25.0.